The molecule has 1 aliphatic heterocycles. The maximum atomic E-state index is 13.4. The number of amides is 1. The van der Waals surface area contributed by atoms with E-state index in [9.17, 15) is 9.18 Å². The number of likely N-dealkylation sites (tertiary alicyclic amines) is 1. The van der Waals surface area contributed by atoms with Gasteiger partial charge >= 0.3 is 0 Å². The van der Waals surface area contributed by atoms with E-state index in [1.54, 1.807) is 23.6 Å². The van der Waals surface area contributed by atoms with Crippen molar-refractivity contribution >= 4 is 17.2 Å². The monoisotopic (exact) mass is 413 g/mol. The molecular weight excluding hydrogens is 389 g/mol. The Morgan fingerprint density at radius 2 is 2.21 bits per heavy atom. The summed E-state index contributed by atoms with van der Waals surface area (Å²) in [5.41, 5.74) is 1.77. The highest BCUT2D eigenvalue weighted by atomic mass is 32.1. The molecule has 1 atom stereocenters. The summed E-state index contributed by atoms with van der Waals surface area (Å²) in [7, 11) is 0. The lowest BCUT2D eigenvalue weighted by Gasteiger charge is -2.33. The van der Waals surface area contributed by atoms with Crippen LogP contribution >= 0.6 is 11.3 Å². The quantitative estimate of drug-likeness (QED) is 0.604. The van der Waals surface area contributed by atoms with E-state index in [-0.39, 0.29) is 17.8 Å². The van der Waals surface area contributed by atoms with E-state index in [4.69, 9.17) is 4.42 Å². The lowest BCUT2D eigenvalue weighted by atomic mass is 10.0. The summed E-state index contributed by atoms with van der Waals surface area (Å²) in [5.74, 6) is 1.07. The highest BCUT2D eigenvalue weighted by molar-refractivity contribution is 7.11. The molecule has 3 aromatic rings. The van der Waals surface area contributed by atoms with Gasteiger partial charge < -0.3 is 9.32 Å². The Morgan fingerprint density at radius 1 is 1.34 bits per heavy atom. The van der Waals surface area contributed by atoms with Gasteiger partial charge in [0, 0.05) is 17.8 Å². The summed E-state index contributed by atoms with van der Waals surface area (Å²) in [6.07, 6.45) is 5.39. The van der Waals surface area contributed by atoms with Gasteiger partial charge in [0.1, 0.15) is 17.6 Å². The minimum absolute atomic E-state index is 0.0892. The Balaban J connectivity index is 1.49. The molecule has 29 heavy (non-hydrogen) atoms. The molecule has 5 nitrogen and oxygen atoms in total. The fraction of sp³-hybridized carbons (Fsp3) is 0.409. The zero-order chi connectivity index (χ0) is 20.4. The number of rotatable bonds is 5. The Morgan fingerprint density at radius 3 is 2.97 bits per heavy atom. The van der Waals surface area contributed by atoms with Crippen molar-refractivity contribution in [3.63, 3.8) is 0 Å². The van der Waals surface area contributed by atoms with E-state index in [0.29, 0.717) is 31.0 Å². The number of benzene rings is 1. The van der Waals surface area contributed by atoms with Gasteiger partial charge in [-0.25, -0.2) is 14.4 Å². The van der Waals surface area contributed by atoms with E-state index in [2.05, 4.69) is 9.97 Å². The maximum absolute atomic E-state index is 13.4. The number of aromatic nitrogens is 2. The first-order valence-electron chi connectivity index (χ1n) is 9.91. The predicted molar refractivity (Wildman–Crippen MR) is 109 cm³/mol. The van der Waals surface area contributed by atoms with Crippen LogP contribution in [0.4, 0.5) is 4.39 Å². The lowest BCUT2D eigenvalue weighted by Crippen LogP contribution is -2.39. The van der Waals surface area contributed by atoms with Crippen molar-refractivity contribution in [3.8, 4) is 0 Å². The number of halogens is 1. The summed E-state index contributed by atoms with van der Waals surface area (Å²) >= 11 is 1.58. The molecule has 1 amide bonds. The van der Waals surface area contributed by atoms with Crippen molar-refractivity contribution in [1.29, 1.82) is 0 Å². The molecule has 4 rings (SSSR count). The Labute approximate surface area is 173 Å². The molecule has 0 saturated carbocycles. The van der Waals surface area contributed by atoms with Gasteiger partial charge in [-0.05, 0) is 50.8 Å². The first kappa shape index (κ1) is 19.8. The number of piperidine rings is 1. The van der Waals surface area contributed by atoms with Gasteiger partial charge in [-0.1, -0.05) is 12.1 Å². The van der Waals surface area contributed by atoms with Crippen LogP contribution in [0.25, 0.3) is 0 Å². The van der Waals surface area contributed by atoms with E-state index in [1.165, 1.54) is 12.1 Å². The molecule has 1 fully saturated rings. The number of hydrogen-bond donors (Lipinski definition) is 0. The zero-order valence-electron chi connectivity index (χ0n) is 16.7. The molecule has 7 heteroatoms. The minimum Gasteiger partial charge on any atom is -0.443 e. The van der Waals surface area contributed by atoms with Crippen LogP contribution in [-0.2, 0) is 17.6 Å². The predicted octanol–water partition coefficient (Wildman–Crippen LogP) is 4.77. The SMILES string of the molecule is Cc1nc(C)c(CC(=O)N2CCCC[C@H]2c2ncc(Cc3cccc(F)c3)o2)s1. The van der Waals surface area contributed by atoms with Gasteiger partial charge in [-0.15, -0.1) is 11.3 Å². The van der Waals surface area contributed by atoms with E-state index >= 15 is 0 Å². The average molecular weight is 414 g/mol. The zero-order valence-corrected chi connectivity index (χ0v) is 17.5. The van der Waals surface area contributed by atoms with Crippen molar-refractivity contribution in [2.24, 2.45) is 0 Å². The Kier molecular flexibility index (Phi) is 5.76. The van der Waals surface area contributed by atoms with Crippen molar-refractivity contribution in [2.75, 3.05) is 6.54 Å². The van der Waals surface area contributed by atoms with Gasteiger partial charge in [0.2, 0.25) is 11.8 Å². The summed E-state index contributed by atoms with van der Waals surface area (Å²) in [6.45, 7) is 4.62. The second-order valence-electron chi connectivity index (χ2n) is 7.49. The Hall–Kier alpha value is -2.54. The second-order valence-corrected chi connectivity index (χ2v) is 8.78. The third-order valence-corrected chi connectivity index (χ3v) is 6.33. The number of nitrogens with zero attached hydrogens (tertiary/aromatic N) is 3. The summed E-state index contributed by atoms with van der Waals surface area (Å²) in [5, 5.41) is 0.982. The normalized spacial score (nSPS) is 16.9. The fourth-order valence-electron chi connectivity index (χ4n) is 3.87. The number of aryl methyl sites for hydroxylation is 2. The molecule has 0 aliphatic carbocycles. The number of hydrogen-bond acceptors (Lipinski definition) is 5. The average Bonchev–Trinajstić information content (AvgIpc) is 3.27. The molecule has 152 valence electrons. The van der Waals surface area contributed by atoms with E-state index in [0.717, 1.165) is 40.4 Å². The molecule has 0 N–H and O–H groups in total. The van der Waals surface area contributed by atoms with Gasteiger partial charge in [-0.2, -0.15) is 0 Å². The molecule has 0 unspecified atom stereocenters. The Bertz CT molecular complexity index is 1010. The van der Waals surface area contributed by atoms with Gasteiger partial charge in [-0.3, -0.25) is 4.79 Å². The summed E-state index contributed by atoms with van der Waals surface area (Å²) < 4.78 is 19.4. The number of carbonyl (C=O) groups excluding carboxylic acids is 1. The van der Waals surface area contributed by atoms with Gasteiger partial charge in [0.15, 0.2) is 0 Å². The van der Waals surface area contributed by atoms with E-state index in [1.807, 2.05) is 24.8 Å². The fourth-order valence-corrected chi connectivity index (χ4v) is 4.80. The van der Waals surface area contributed by atoms with Gasteiger partial charge in [0.25, 0.3) is 0 Å². The first-order chi connectivity index (χ1) is 14.0. The van der Waals surface area contributed by atoms with E-state index < -0.39 is 0 Å². The van der Waals surface area contributed by atoms with Crippen LogP contribution in [-0.4, -0.2) is 27.3 Å². The third kappa shape index (κ3) is 4.56. The van der Waals surface area contributed by atoms with Crippen LogP contribution < -0.4 is 0 Å². The molecule has 1 saturated heterocycles. The lowest BCUT2D eigenvalue weighted by molar-refractivity contribution is -0.134. The first-order valence-corrected chi connectivity index (χ1v) is 10.7. The molecule has 0 bridgehead atoms. The molecule has 1 aromatic carbocycles. The van der Waals surface area contributed by atoms with Crippen LogP contribution in [0.5, 0.6) is 0 Å². The third-order valence-electron chi connectivity index (χ3n) is 5.26. The van der Waals surface area contributed by atoms with Crippen molar-refractivity contribution in [3.05, 3.63) is 69.1 Å². The number of carbonyl (C=O) groups is 1. The largest absolute Gasteiger partial charge is 0.443 e. The van der Waals surface area contributed by atoms with Crippen LogP contribution in [0.15, 0.2) is 34.9 Å². The highest BCUT2D eigenvalue weighted by Gasteiger charge is 2.31. The number of oxazole rings is 1. The van der Waals surface area contributed by atoms with Crippen LogP contribution in [0.3, 0.4) is 0 Å². The van der Waals surface area contributed by atoms with Crippen molar-refractivity contribution in [1.82, 2.24) is 14.9 Å². The summed E-state index contributed by atoms with van der Waals surface area (Å²) in [6, 6.07) is 6.32. The molecule has 0 radical (unpaired) electrons. The van der Waals surface area contributed by atoms with Crippen molar-refractivity contribution < 1.29 is 13.6 Å². The van der Waals surface area contributed by atoms with Crippen molar-refractivity contribution in [2.45, 2.75) is 52.0 Å². The van der Waals surface area contributed by atoms with Crippen LogP contribution in [0, 0.1) is 19.7 Å². The molecule has 1 aliphatic rings. The maximum Gasteiger partial charge on any atom is 0.228 e. The van der Waals surface area contributed by atoms with Crippen LogP contribution in [0.2, 0.25) is 0 Å². The number of thiazole rings is 1. The smallest absolute Gasteiger partial charge is 0.228 e. The standard InChI is InChI=1S/C22H24FN3O2S/c1-14-20(29-15(2)25-14)12-21(27)26-9-4-3-8-19(26)22-24-13-18(28-22)11-16-6-5-7-17(23)10-16/h5-7,10,13,19H,3-4,8-9,11-12H2,1-2H3/t19-/m0/s1. The molecule has 0 spiro atoms. The minimum atomic E-state index is -0.264. The topological polar surface area (TPSA) is 59.2 Å². The molecule has 2 aromatic heterocycles. The molecule has 3 heterocycles. The van der Waals surface area contributed by atoms with Crippen LogP contribution in [0.1, 0.15) is 58.1 Å². The van der Waals surface area contributed by atoms with Gasteiger partial charge in [0.05, 0.1) is 23.3 Å². The highest BCUT2D eigenvalue weighted by Crippen LogP contribution is 2.32. The second kappa shape index (κ2) is 8.45. The molecular formula is C22H24FN3O2S. The summed E-state index contributed by atoms with van der Waals surface area (Å²) in [4.78, 5) is 24.8.